The second-order valence-corrected chi connectivity index (χ2v) is 7.89. The van der Waals surface area contributed by atoms with Crippen LogP contribution in [-0.4, -0.2) is 39.8 Å². The maximum Gasteiger partial charge on any atom is 0.209 e. The van der Waals surface area contributed by atoms with Crippen LogP contribution >= 0.6 is 0 Å². The Balaban J connectivity index is 1.38. The minimum Gasteiger partial charge on any atom is -0.497 e. The molecule has 0 amide bonds. The van der Waals surface area contributed by atoms with E-state index >= 15 is 0 Å². The van der Waals surface area contributed by atoms with Gasteiger partial charge in [0.05, 0.1) is 30.7 Å². The van der Waals surface area contributed by atoms with Gasteiger partial charge in [0.2, 0.25) is 5.43 Å². The van der Waals surface area contributed by atoms with Crippen LogP contribution in [0.3, 0.4) is 0 Å². The average molecular weight is 428 g/mol. The SMILES string of the molecule is COc1cccc(N2CCC(n3ccc(=O)c(-c4ccnn4-c4ccccc4)n3)CC2)c1. The maximum atomic E-state index is 12.7. The Morgan fingerprint density at radius 2 is 1.72 bits per heavy atom. The minimum atomic E-state index is -0.104. The topological polar surface area (TPSA) is 65.2 Å². The maximum absolute atomic E-state index is 12.7. The van der Waals surface area contributed by atoms with E-state index in [0.29, 0.717) is 11.4 Å². The molecule has 5 rings (SSSR count). The van der Waals surface area contributed by atoms with Gasteiger partial charge < -0.3 is 9.64 Å². The Bertz CT molecular complexity index is 1260. The monoisotopic (exact) mass is 427 g/mol. The molecule has 1 fully saturated rings. The van der Waals surface area contributed by atoms with Gasteiger partial charge in [-0.25, -0.2) is 4.68 Å². The second-order valence-electron chi connectivity index (χ2n) is 7.89. The molecule has 4 aromatic rings. The molecule has 0 unspecified atom stereocenters. The molecular formula is C25H25N5O2. The Hall–Kier alpha value is -3.87. The van der Waals surface area contributed by atoms with E-state index in [2.05, 4.69) is 22.1 Å². The first kappa shape index (κ1) is 20.1. The summed E-state index contributed by atoms with van der Waals surface area (Å²) in [6, 6.07) is 21.6. The number of hydrogen-bond acceptors (Lipinski definition) is 5. The normalized spacial score (nSPS) is 14.5. The number of nitrogens with zero attached hydrogens (tertiary/aromatic N) is 5. The lowest BCUT2D eigenvalue weighted by Gasteiger charge is -2.34. The fraction of sp³-hybridized carbons (Fsp3) is 0.240. The summed E-state index contributed by atoms with van der Waals surface area (Å²) < 4.78 is 9.07. The third-order valence-electron chi connectivity index (χ3n) is 5.97. The first-order valence-electron chi connectivity index (χ1n) is 10.8. The van der Waals surface area contributed by atoms with Crippen LogP contribution in [0.4, 0.5) is 5.69 Å². The highest BCUT2D eigenvalue weighted by atomic mass is 16.5. The van der Waals surface area contributed by atoms with Gasteiger partial charge in [-0.05, 0) is 43.2 Å². The highest BCUT2D eigenvalue weighted by Gasteiger charge is 2.22. The Kier molecular flexibility index (Phi) is 5.46. The predicted molar refractivity (Wildman–Crippen MR) is 125 cm³/mol. The van der Waals surface area contributed by atoms with Gasteiger partial charge in [-0.2, -0.15) is 10.2 Å². The van der Waals surface area contributed by atoms with Crippen molar-refractivity contribution in [3.05, 3.63) is 89.3 Å². The molecule has 0 radical (unpaired) electrons. The molecule has 7 heteroatoms. The summed E-state index contributed by atoms with van der Waals surface area (Å²) in [5.41, 5.74) is 3.08. The number of ether oxygens (including phenoxy) is 1. The van der Waals surface area contributed by atoms with Crippen LogP contribution < -0.4 is 15.1 Å². The Labute approximate surface area is 186 Å². The summed E-state index contributed by atoms with van der Waals surface area (Å²) in [6.45, 7) is 1.84. The van der Waals surface area contributed by atoms with Crippen molar-refractivity contribution < 1.29 is 4.74 Å². The van der Waals surface area contributed by atoms with Crippen LogP contribution in [0.25, 0.3) is 17.1 Å². The molecule has 0 bridgehead atoms. The highest BCUT2D eigenvalue weighted by Crippen LogP contribution is 2.28. The van der Waals surface area contributed by atoms with E-state index in [-0.39, 0.29) is 11.5 Å². The Morgan fingerprint density at radius 1 is 0.938 bits per heavy atom. The molecule has 1 saturated heterocycles. The zero-order valence-electron chi connectivity index (χ0n) is 18.0. The largest absolute Gasteiger partial charge is 0.497 e. The fourth-order valence-corrected chi connectivity index (χ4v) is 4.26. The fourth-order valence-electron chi connectivity index (χ4n) is 4.26. The van der Waals surface area contributed by atoms with E-state index in [9.17, 15) is 4.79 Å². The average Bonchev–Trinajstić information content (AvgIpc) is 3.35. The molecule has 7 nitrogen and oxygen atoms in total. The number of anilines is 1. The van der Waals surface area contributed by atoms with Gasteiger partial charge in [-0.1, -0.05) is 24.3 Å². The van der Waals surface area contributed by atoms with Crippen molar-refractivity contribution in [2.24, 2.45) is 0 Å². The predicted octanol–water partition coefficient (Wildman–Crippen LogP) is 3.95. The molecule has 0 aliphatic carbocycles. The van der Waals surface area contributed by atoms with E-state index in [1.807, 2.05) is 53.2 Å². The summed E-state index contributed by atoms with van der Waals surface area (Å²) in [6.07, 6.45) is 5.41. The van der Waals surface area contributed by atoms with Crippen LogP contribution in [0, 0.1) is 0 Å². The number of para-hydroxylation sites is 1. The zero-order valence-corrected chi connectivity index (χ0v) is 18.0. The molecule has 0 saturated carbocycles. The van der Waals surface area contributed by atoms with Crippen LogP contribution in [0.1, 0.15) is 18.9 Å². The van der Waals surface area contributed by atoms with Crippen molar-refractivity contribution in [1.82, 2.24) is 19.6 Å². The summed E-state index contributed by atoms with van der Waals surface area (Å²) in [4.78, 5) is 15.1. The van der Waals surface area contributed by atoms with E-state index in [0.717, 1.165) is 37.4 Å². The lowest BCUT2D eigenvalue weighted by Crippen LogP contribution is -2.35. The van der Waals surface area contributed by atoms with Gasteiger partial charge in [-0.3, -0.25) is 9.48 Å². The second kappa shape index (κ2) is 8.70. The molecule has 0 atom stereocenters. The van der Waals surface area contributed by atoms with Gasteiger partial charge in [0.1, 0.15) is 5.75 Å². The molecule has 1 aliphatic rings. The molecule has 1 aliphatic heterocycles. The van der Waals surface area contributed by atoms with E-state index in [4.69, 9.17) is 9.84 Å². The number of rotatable bonds is 5. The van der Waals surface area contributed by atoms with E-state index in [1.54, 1.807) is 30.3 Å². The standard InChI is InChI=1S/C25H25N5O2/c1-32-22-9-5-8-21(18-22)28-15-11-19(12-16-28)29-17-13-24(31)25(27-29)23-10-14-26-30(23)20-6-3-2-4-7-20/h2-10,13-14,17-19H,11-12,15-16H2,1H3. The molecule has 2 aromatic heterocycles. The summed E-state index contributed by atoms with van der Waals surface area (Å²) in [5, 5.41) is 9.17. The number of benzene rings is 2. The van der Waals surface area contributed by atoms with Crippen molar-refractivity contribution in [2.45, 2.75) is 18.9 Å². The number of aromatic nitrogens is 4. The molecule has 3 heterocycles. The quantitative estimate of drug-likeness (QED) is 0.483. The van der Waals surface area contributed by atoms with Gasteiger partial charge in [0.15, 0.2) is 5.69 Å². The lowest BCUT2D eigenvalue weighted by molar-refractivity contribution is 0.362. The van der Waals surface area contributed by atoms with Crippen LogP contribution in [0.2, 0.25) is 0 Å². The zero-order chi connectivity index (χ0) is 21.9. The summed E-state index contributed by atoms with van der Waals surface area (Å²) in [7, 11) is 1.69. The minimum absolute atomic E-state index is 0.104. The van der Waals surface area contributed by atoms with Crippen LogP contribution in [0.5, 0.6) is 5.75 Å². The van der Waals surface area contributed by atoms with Crippen LogP contribution in [0.15, 0.2) is 83.9 Å². The van der Waals surface area contributed by atoms with Gasteiger partial charge in [0.25, 0.3) is 0 Å². The first-order valence-corrected chi connectivity index (χ1v) is 10.8. The van der Waals surface area contributed by atoms with Crippen molar-refractivity contribution >= 4 is 5.69 Å². The molecular weight excluding hydrogens is 402 g/mol. The van der Waals surface area contributed by atoms with Crippen molar-refractivity contribution in [1.29, 1.82) is 0 Å². The summed E-state index contributed by atoms with van der Waals surface area (Å²) in [5.74, 6) is 0.867. The van der Waals surface area contributed by atoms with Gasteiger partial charge in [-0.15, -0.1) is 0 Å². The molecule has 0 spiro atoms. The van der Waals surface area contributed by atoms with Crippen molar-refractivity contribution in [2.75, 3.05) is 25.1 Å². The third-order valence-corrected chi connectivity index (χ3v) is 5.97. The molecule has 2 aromatic carbocycles. The lowest BCUT2D eigenvalue weighted by atomic mass is 10.0. The third kappa shape index (κ3) is 3.89. The molecule has 162 valence electrons. The van der Waals surface area contributed by atoms with E-state index < -0.39 is 0 Å². The smallest absolute Gasteiger partial charge is 0.209 e. The van der Waals surface area contributed by atoms with Crippen molar-refractivity contribution in [3.8, 4) is 22.8 Å². The number of piperidine rings is 1. The number of hydrogen-bond donors (Lipinski definition) is 0. The van der Waals surface area contributed by atoms with Crippen LogP contribution in [-0.2, 0) is 0 Å². The van der Waals surface area contributed by atoms with E-state index in [1.165, 1.54) is 5.69 Å². The highest BCUT2D eigenvalue weighted by molar-refractivity contribution is 5.57. The van der Waals surface area contributed by atoms with Crippen molar-refractivity contribution in [3.63, 3.8) is 0 Å². The number of methoxy groups -OCH3 is 1. The molecule has 0 N–H and O–H groups in total. The van der Waals surface area contributed by atoms with Gasteiger partial charge >= 0.3 is 0 Å². The Morgan fingerprint density at radius 3 is 2.50 bits per heavy atom. The molecule has 32 heavy (non-hydrogen) atoms. The van der Waals surface area contributed by atoms with Gasteiger partial charge in [0, 0.05) is 37.1 Å². The first-order chi connectivity index (χ1) is 15.7. The summed E-state index contributed by atoms with van der Waals surface area (Å²) >= 11 is 0.